The first-order valence-electron chi connectivity index (χ1n) is 6.86. The van der Waals surface area contributed by atoms with Crippen LogP contribution in [0.1, 0.15) is 51.7 Å². The number of hydrogen-bond donors (Lipinski definition) is 2. The van der Waals surface area contributed by atoms with Gasteiger partial charge < -0.3 is 10.4 Å². The third-order valence-corrected chi connectivity index (χ3v) is 4.60. The van der Waals surface area contributed by atoms with E-state index in [-0.39, 0.29) is 5.54 Å². The van der Waals surface area contributed by atoms with Crippen LogP contribution in [-0.2, 0) is 0 Å². The molecule has 0 spiro atoms. The minimum Gasteiger partial charge on any atom is -0.387 e. The molecule has 0 saturated carbocycles. The second-order valence-electron chi connectivity index (χ2n) is 4.90. The van der Waals surface area contributed by atoms with Crippen molar-refractivity contribution < 1.29 is 5.11 Å². The monoisotopic (exact) mass is 303 g/mol. The van der Waals surface area contributed by atoms with E-state index in [0.29, 0.717) is 22.2 Å². The molecule has 1 aromatic rings. The Hall–Kier alpha value is -0.280. The average Bonchev–Trinajstić information content (AvgIpc) is 2.43. The first-order chi connectivity index (χ1) is 8.98. The number of halogens is 2. The molecule has 1 atom stereocenters. The minimum atomic E-state index is -0.643. The lowest BCUT2D eigenvalue weighted by molar-refractivity contribution is 0.150. The molecule has 0 bridgehead atoms. The van der Waals surface area contributed by atoms with Gasteiger partial charge >= 0.3 is 0 Å². The maximum absolute atomic E-state index is 10.3. The molecule has 108 valence electrons. The predicted molar refractivity (Wildman–Crippen MR) is 83.0 cm³/mol. The molecule has 2 nitrogen and oxygen atoms in total. The number of benzene rings is 1. The summed E-state index contributed by atoms with van der Waals surface area (Å²) >= 11 is 12.0. The molecule has 0 fully saturated rings. The molecule has 0 aliphatic heterocycles. The van der Waals surface area contributed by atoms with Gasteiger partial charge in [-0.15, -0.1) is 0 Å². The summed E-state index contributed by atoms with van der Waals surface area (Å²) in [7, 11) is 0. The van der Waals surface area contributed by atoms with Crippen molar-refractivity contribution in [2.45, 2.75) is 51.7 Å². The van der Waals surface area contributed by atoms with E-state index in [0.717, 1.165) is 19.3 Å². The lowest BCUT2D eigenvalue weighted by Gasteiger charge is -2.33. The van der Waals surface area contributed by atoms with E-state index in [2.05, 4.69) is 26.1 Å². The van der Waals surface area contributed by atoms with Crippen LogP contribution in [0, 0.1) is 0 Å². The van der Waals surface area contributed by atoms with Gasteiger partial charge in [-0.25, -0.2) is 0 Å². The van der Waals surface area contributed by atoms with Crippen LogP contribution < -0.4 is 5.32 Å². The van der Waals surface area contributed by atoms with E-state index in [4.69, 9.17) is 23.2 Å². The lowest BCUT2D eigenvalue weighted by Crippen LogP contribution is -2.45. The van der Waals surface area contributed by atoms with Gasteiger partial charge in [-0.1, -0.05) is 44.0 Å². The topological polar surface area (TPSA) is 32.3 Å². The molecule has 4 heteroatoms. The smallest absolute Gasteiger partial charge is 0.0929 e. The molecular weight excluding hydrogens is 281 g/mol. The van der Waals surface area contributed by atoms with Crippen molar-refractivity contribution >= 4 is 23.2 Å². The van der Waals surface area contributed by atoms with E-state index < -0.39 is 6.10 Å². The summed E-state index contributed by atoms with van der Waals surface area (Å²) in [6.45, 7) is 6.98. The molecule has 2 N–H and O–H groups in total. The fraction of sp³-hybridized carbons (Fsp3) is 0.600. The van der Waals surface area contributed by atoms with Gasteiger partial charge in [0.25, 0.3) is 0 Å². The Morgan fingerprint density at radius 1 is 1.16 bits per heavy atom. The van der Waals surface area contributed by atoms with Gasteiger partial charge in [-0.3, -0.25) is 0 Å². The van der Waals surface area contributed by atoms with Crippen molar-refractivity contribution in [1.82, 2.24) is 5.32 Å². The van der Waals surface area contributed by atoms with Crippen LogP contribution in [0.4, 0.5) is 0 Å². The number of nitrogens with one attached hydrogen (secondary N) is 1. The van der Waals surface area contributed by atoms with E-state index in [1.807, 2.05) is 0 Å². The Labute approximate surface area is 126 Å². The first kappa shape index (κ1) is 16.8. The highest BCUT2D eigenvalue weighted by atomic mass is 35.5. The van der Waals surface area contributed by atoms with E-state index in [1.165, 1.54) is 0 Å². The van der Waals surface area contributed by atoms with Crippen LogP contribution in [0.5, 0.6) is 0 Å². The molecule has 0 saturated heterocycles. The minimum absolute atomic E-state index is 0.0893. The molecule has 1 unspecified atom stereocenters. The second kappa shape index (κ2) is 7.49. The van der Waals surface area contributed by atoms with Crippen molar-refractivity contribution in [3.63, 3.8) is 0 Å². The van der Waals surface area contributed by atoms with Crippen LogP contribution in [0.25, 0.3) is 0 Å². The Kier molecular flexibility index (Phi) is 6.61. The van der Waals surface area contributed by atoms with E-state index in [9.17, 15) is 5.11 Å². The second-order valence-corrected chi connectivity index (χ2v) is 5.75. The third-order valence-electron chi connectivity index (χ3n) is 4.02. The molecule has 0 aliphatic carbocycles. The first-order valence-corrected chi connectivity index (χ1v) is 7.61. The highest BCUT2D eigenvalue weighted by molar-refractivity contribution is 6.33. The van der Waals surface area contributed by atoms with E-state index >= 15 is 0 Å². The predicted octanol–water partition coefficient (Wildman–Crippen LogP) is 4.59. The van der Waals surface area contributed by atoms with Crippen LogP contribution in [0.3, 0.4) is 0 Å². The number of aliphatic hydroxyl groups excluding tert-OH is 1. The molecule has 0 amide bonds. The van der Waals surface area contributed by atoms with Gasteiger partial charge in [0.15, 0.2) is 0 Å². The Morgan fingerprint density at radius 2 is 1.74 bits per heavy atom. The summed E-state index contributed by atoms with van der Waals surface area (Å²) in [6.07, 6.45) is 2.47. The van der Waals surface area contributed by atoms with Crippen LogP contribution >= 0.6 is 23.2 Å². The zero-order valence-electron chi connectivity index (χ0n) is 11.8. The summed E-state index contributed by atoms with van der Waals surface area (Å²) in [5.41, 5.74) is 0.769. The van der Waals surface area contributed by atoms with Crippen molar-refractivity contribution in [2.24, 2.45) is 0 Å². The maximum atomic E-state index is 10.3. The molecule has 0 heterocycles. The van der Waals surface area contributed by atoms with Gasteiger partial charge in [0.1, 0.15) is 0 Å². The van der Waals surface area contributed by atoms with Gasteiger partial charge in [0.2, 0.25) is 0 Å². The van der Waals surface area contributed by atoms with Crippen molar-refractivity contribution in [3.8, 4) is 0 Å². The van der Waals surface area contributed by atoms with Gasteiger partial charge in [-0.05, 0) is 37.5 Å². The fourth-order valence-electron chi connectivity index (χ4n) is 2.32. The summed E-state index contributed by atoms with van der Waals surface area (Å²) in [4.78, 5) is 0. The molecule has 0 aromatic heterocycles. The summed E-state index contributed by atoms with van der Waals surface area (Å²) < 4.78 is 0. The standard InChI is InChI=1S/C15H23Cl2NO/c1-4-15(5-2,6-3)18-10-14(19)12-9-11(16)7-8-13(12)17/h7-9,14,18-19H,4-6,10H2,1-3H3. The largest absolute Gasteiger partial charge is 0.387 e. The Morgan fingerprint density at radius 3 is 2.26 bits per heavy atom. The lowest BCUT2D eigenvalue weighted by atomic mass is 9.89. The summed E-state index contributed by atoms with van der Waals surface area (Å²) in [5, 5.41) is 14.9. The van der Waals surface area contributed by atoms with Gasteiger partial charge in [0, 0.05) is 27.7 Å². The highest BCUT2D eigenvalue weighted by Gasteiger charge is 2.24. The molecule has 0 aliphatic rings. The Balaban J connectivity index is 2.74. The molecule has 1 aromatic carbocycles. The van der Waals surface area contributed by atoms with Crippen molar-refractivity contribution in [2.75, 3.05) is 6.54 Å². The number of aliphatic hydroxyl groups is 1. The Bertz CT molecular complexity index is 397. The number of rotatable bonds is 7. The molecular formula is C15H23Cl2NO. The van der Waals surface area contributed by atoms with E-state index in [1.54, 1.807) is 18.2 Å². The van der Waals surface area contributed by atoms with Crippen LogP contribution in [-0.4, -0.2) is 17.2 Å². The summed E-state index contributed by atoms with van der Waals surface area (Å²) in [5.74, 6) is 0. The molecule has 0 radical (unpaired) electrons. The fourth-order valence-corrected chi connectivity index (χ4v) is 2.74. The van der Waals surface area contributed by atoms with Crippen molar-refractivity contribution in [1.29, 1.82) is 0 Å². The normalized spacial score (nSPS) is 13.6. The quantitative estimate of drug-likeness (QED) is 0.772. The summed E-state index contributed by atoms with van der Waals surface area (Å²) in [6, 6.07) is 5.17. The van der Waals surface area contributed by atoms with Gasteiger partial charge in [-0.2, -0.15) is 0 Å². The SMILES string of the molecule is CCC(CC)(CC)NCC(O)c1cc(Cl)ccc1Cl. The van der Waals surface area contributed by atoms with Gasteiger partial charge in [0.05, 0.1) is 6.10 Å². The zero-order chi connectivity index (χ0) is 14.5. The maximum Gasteiger partial charge on any atom is 0.0929 e. The third kappa shape index (κ3) is 4.35. The number of β-amino-alcohol motifs (C(OH)–C–C–N with tert-alkyl or cyclic N) is 1. The average molecular weight is 304 g/mol. The highest BCUT2D eigenvalue weighted by Crippen LogP contribution is 2.27. The van der Waals surface area contributed by atoms with Crippen molar-refractivity contribution in [3.05, 3.63) is 33.8 Å². The molecule has 19 heavy (non-hydrogen) atoms. The zero-order valence-corrected chi connectivity index (χ0v) is 13.4. The molecule has 1 rings (SSSR count). The number of hydrogen-bond acceptors (Lipinski definition) is 2. The van der Waals surface area contributed by atoms with Crippen LogP contribution in [0.15, 0.2) is 18.2 Å². The van der Waals surface area contributed by atoms with Crippen LogP contribution in [0.2, 0.25) is 10.0 Å².